The summed E-state index contributed by atoms with van der Waals surface area (Å²) in [6.45, 7) is 2.90. The van der Waals surface area contributed by atoms with E-state index >= 15 is 0 Å². The van der Waals surface area contributed by atoms with Crippen molar-refractivity contribution in [2.75, 3.05) is 6.61 Å². The molecule has 20 heavy (non-hydrogen) atoms. The molecule has 0 radical (unpaired) electrons. The van der Waals surface area contributed by atoms with E-state index in [0.29, 0.717) is 0 Å². The molecular weight excluding hydrogens is 252 g/mol. The molecule has 3 N–H and O–H groups in total. The second-order valence-electron chi connectivity index (χ2n) is 4.54. The number of hydrogen-bond acceptors (Lipinski definition) is 5. The molecule has 0 amide bonds. The van der Waals surface area contributed by atoms with Gasteiger partial charge in [-0.1, -0.05) is 25.5 Å². The number of nitrogens with zero attached hydrogens (tertiary/aromatic N) is 2. The Morgan fingerprint density at radius 3 is 2.45 bits per heavy atom. The highest BCUT2D eigenvalue weighted by Crippen LogP contribution is 2.22. The zero-order chi connectivity index (χ0) is 14.2. The highest BCUT2D eigenvalue weighted by molar-refractivity contribution is 5.33. The van der Waals surface area contributed by atoms with Crippen molar-refractivity contribution in [2.24, 2.45) is 5.84 Å². The van der Waals surface area contributed by atoms with E-state index in [-0.39, 0.29) is 6.04 Å². The Kier molecular flexibility index (Phi) is 5.46. The molecule has 0 spiro atoms. The smallest absolute Gasteiger partial charge is 0.119 e. The van der Waals surface area contributed by atoms with Gasteiger partial charge in [0.05, 0.1) is 12.6 Å². The summed E-state index contributed by atoms with van der Waals surface area (Å²) in [5, 5.41) is 0. The second kappa shape index (κ2) is 7.57. The minimum Gasteiger partial charge on any atom is -0.494 e. The van der Waals surface area contributed by atoms with Crippen molar-refractivity contribution < 1.29 is 4.74 Å². The molecule has 0 saturated heterocycles. The van der Waals surface area contributed by atoms with E-state index in [9.17, 15) is 0 Å². The van der Waals surface area contributed by atoms with Crippen molar-refractivity contribution in [3.05, 3.63) is 54.1 Å². The van der Waals surface area contributed by atoms with Crippen molar-refractivity contribution in [2.45, 2.75) is 25.8 Å². The van der Waals surface area contributed by atoms with Crippen LogP contribution in [0.1, 0.15) is 36.9 Å². The number of nitrogens with two attached hydrogens (primary N) is 1. The topological polar surface area (TPSA) is 73.1 Å². The molecular formula is C15H20N4O. The summed E-state index contributed by atoms with van der Waals surface area (Å²) in [7, 11) is 0. The average molecular weight is 272 g/mol. The molecule has 0 aliphatic rings. The Bertz CT molecular complexity index is 501. The van der Waals surface area contributed by atoms with Gasteiger partial charge >= 0.3 is 0 Å². The minimum atomic E-state index is -0.124. The fourth-order valence-electron chi connectivity index (χ4n) is 1.94. The lowest BCUT2D eigenvalue weighted by Gasteiger charge is -2.16. The van der Waals surface area contributed by atoms with Gasteiger partial charge < -0.3 is 4.74 Å². The number of unbranched alkanes of at least 4 members (excludes halogenated alkanes) is 1. The molecule has 0 aliphatic heterocycles. The van der Waals surface area contributed by atoms with Crippen LogP contribution in [0.25, 0.3) is 0 Å². The van der Waals surface area contributed by atoms with Gasteiger partial charge in [-0.05, 0) is 24.1 Å². The molecule has 5 heteroatoms. The summed E-state index contributed by atoms with van der Waals surface area (Å²) in [6, 6.07) is 7.79. The van der Waals surface area contributed by atoms with Crippen LogP contribution in [0.3, 0.4) is 0 Å². The largest absolute Gasteiger partial charge is 0.494 e. The van der Waals surface area contributed by atoms with Crippen molar-refractivity contribution >= 4 is 0 Å². The first kappa shape index (κ1) is 14.4. The third-order valence-corrected chi connectivity index (χ3v) is 3.06. The van der Waals surface area contributed by atoms with Crippen LogP contribution < -0.4 is 16.0 Å². The van der Waals surface area contributed by atoms with Gasteiger partial charge in [-0.15, -0.1) is 0 Å². The van der Waals surface area contributed by atoms with Crippen molar-refractivity contribution in [3.63, 3.8) is 0 Å². The number of rotatable bonds is 7. The number of nitrogens with one attached hydrogen (secondary N) is 1. The van der Waals surface area contributed by atoms with E-state index in [1.165, 1.54) is 6.33 Å². The Balaban J connectivity index is 2.08. The number of hydrazine groups is 1. The van der Waals surface area contributed by atoms with Crippen LogP contribution in [0.5, 0.6) is 5.75 Å². The van der Waals surface area contributed by atoms with E-state index in [4.69, 9.17) is 10.6 Å². The van der Waals surface area contributed by atoms with Crippen LogP contribution in [0.4, 0.5) is 0 Å². The van der Waals surface area contributed by atoms with E-state index in [1.54, 1.807) is 12.4 Å². The number of ether oxygens (including phenoxy) is 1. The average Bonchev–Trinajstić information content (AvgIpc) is 2.51. The fraction of sp³-hybridized carbons (Fsp3) is 0.333. The molecule has 2 aromatic rings. The Hall–Kier alpha value is -1.98. The number of hydrogen-bond donors (Lipinski definition) is 2. The van der Waals surface area contributed by atoms with Crippen LogP contribution in [-0.2, 0) is 0 Å². The predicted octanol–water partition coefficient (Wildman–Crippen LogP) is 2.21. The van der Waals surface area contributed by atoms with Crippen LogP contribution in [0.15, 0.2) is 43.0 Å². The van der Waals surface area contributed by atoms with Crippen LogP contribution in [0.2, 0.25) is 0 Å². The molecule has 2 rings (SSSR count). The van der Waals surface area contributed by atoms with E-state index < -0.39 is 0 Å². The maximum Gasteiger partial charge on any atom is 0.119 e. The highest BCUT2D eigenvalue weighted by atomic mass is 16.5. The lowest BCUT2D eigenvalue weighted by molar-refractivity contribution is 0.309. The molecule has 1 heterocycles. The van der Waals surface area contributed by atoms with Crippen molar-refractivity contribution in [1.82, 2.24) is 15.4 Å². The Labute approximate surface area is 119 Å². The summed E-state index contributed by atoms with van der Waals surface area (Å²) in [5.41, 5.74) is 4.76. The van der Waals surface area contributed by atoms with Crippen molar-refractivity contribution in [3.8, 4) is 5.75 Å². The maximum absolute atomic E-state index is 5.64. The maximum atomic E-state index is 5.64. The SMILES string of the molecule is CCCCOc1ccc(C(NN)c2cncnc2)cc1. The molecule has 1 unspecified atom stereocenters. The first-order valence-corrected chi connectivity index (χ1v) is 6.79. The highest BCUT2D eigenvalue weighted by Gasteiger charge is 2.12. The summed E-state index contributed by atoms with van der Waals surface area (Å²) in [4.78, 5) is 8.03. The normalized spacial score (nSPS) is 12.1. The minimum absolute atomic E-state index is 0.124. The van der Waals surface area contributed by atoms with Gasteiger partial charge in [0.1, 0.15) is 12.1 Å². The third kappa shape index (κ3) is 3.76. The van der Waals surface area contributed by atoms with Crippen LogP contribution >= 0.6 is 0 Å². The monoisotopic (exact) mass is 272 g/mol. The Morgan fingerprint density at radius 2 is 1.85 bits per heavy atom. The van der Waals surface area contributed by atoms with Gasteiger partial charge in [0, 0.05) is 18.0 Å². The molecule has 0 fully saturated rings. The summed E-state index contributed by atoms with van der Waals surface area (Å²) >= 11 is 0. The van der Waals surface area contributed by atoms with Crippen LogP contribution in [-0.4, -0.2) is 16.6 Å². The zero-order valence-electron chi connectivity index (χ0n) is 11.6. The Morgan fingerprint density at radius 1 is 1.15 bits per heavy atom. The fourth-order valence-corrected chi connectivity index (χ4v) is 1.94. The van der Waals surface area contributed by atoms with E-state index in [0.717, 1.165) is 36.3 Å². The molecule has 5 nitrogen and oxygen atoms in total. The lowest BCUT2D eigenvalue weighted by Crippen LogP contribution is -2.29. The van der Waals surface area contributed by atoms with Crippen molar-refractivity contribution in [1.29, 1.82) is 0 Å². The van der Waals surface area contributed by atoms with Gasteiger partial charge in [-0.3, -0.25) is 5.84 Å². The molecule has 1 aromatic carbocycles. The molecule has 1 aromatic heterocycles. The first-order chi connectivity index (χ1) is 9.85. The summed E-state index contributed by atoms with van der Waals surface area (Å²) in [5.74, 6) is 6.51. The van der Waals surface area contributed by atoms with Crippen LogP contribution in [0, 0.1) is 0 Å². The van der Waals surface area contributed by atoms with Gasteiger partial charge in [-0.2, -0.15) is 0 Å². The van der Waals surface area contributed by atoms with E-state index in [1.807, 2.05) is 24.3 Å². The molecule has 0 aliphatic carbocycles. The molecule has 0 bridgehead atoms. The van der Waals surface area contributed by atoms with Gasteiger partial charge in [0.25, 0.3) is 0 Å². The molecule has 1 atom stereocenters. The second-order valence-corrected chi connectivity index (χ2v) is 4.54. The third-order valence-electron chi connectivity index (χ3n) is 3.06. The number of aromatic nitrogens is 2. The van der Waals surface area contributed by atoms with Gasteiger partial charge in [-0.25, -0.2) is 15.4 Å². The molecule has 106 valence electrons. The zero-order valence-corrected chi connectivity index (χ0v) is 11.6. The predicted molar refractivity (Wildman–Crippen MR) is 78.0 cm³/mol. The standard InChI is InChI=1S/C15H20N4O/c1-2-3-8-20-14-6-4-12(5-7-14)15(19-16)13-9-17-11-18-10-13/h4-7,9-11,15,19H,2-3,8,16H2,1H3. The summed E-state index contributed by atoms with van der Waals surface area (Å²) in [6.07, 6.45) is 7.20. The first-order valence-electron chi connectivity index (χ1n) is 6.79. The summed E-state index contributed by atoms with van der Waals surface area (Å²) < 4.78 is 5.64. The van der Waals surface area contributed by atoms with E-state index in [2.05, 4.69) is 22.3 Å². The quantitative estimate of drug-likeness (QED) is 0.459. The van der Waals surface area contributed by atoms with Gasteiger partial charge in [0.15, 0.2) is 0 Å². The number of benzene rings is 1. The van der Waals surface area contributed by atoms with Gasteiger partial charge in [0.2, 0.25) is 0 Å². The molecule has 0 saturated carbocycles. The lowest BCUT2D eigenvalue weighted by atomic mass is 10.0.